The number of hydrogen-bond donors (Lipinski definition) is 0. The molecule has 0 amide bonds. The Bertz CT molecular complexity index is 2630. The first-order valence-electron chi connectivity index (χ1n) is 14.8. The summed E-state index contributed by atoms with van der Waals surface area (Å²) in [6, 6.07) is 49.4. The second-order valence-electron chi connectivity index (χ2n) is 11.3. The van der Waals surface area contributed by atoms with Crippen LogP contribution in [0.1, 0.15) is 0 Å². The van der Waals surface area contributed by atoms with E-state index in [0.29, 0.717) is 0 Å². The normalized spacial score (nSPS) is 12.1. The van der Waals surface area contributed by atoms with Gasteiger partial charge < -0.3 is 13.7 Å². The van der Waals surface area contributed by atoms with Gasteiger partial charge in [-0.3, -0.25) is 0 Å². The largest absolute Gasteiger partial charge is 0.456 e. The van der Waals surface area contributed by atoms with Crippen LogP contribution in [0.3, 0.4) is 0 Å². The fraction of sp³-hybridized carbons (Fsp3) is 0. The molecule has 10 aromatic rings. The van der Waals surface area contributed by atoms with Crippen LogP contribution in [-0.2, 0) is 0 Å². The summed E-state index contributed by atoms with van der Waals surface area (Å²) in [6.45, 7) is 0. The Morgan fingerprint density at radius 3 is 2.07 bits per heavy atom. The van der Waals surface area contributed by atoms with Crippen molar-refractivity contribution in [1.82, 2.24) is 0 Å². The van der Waals surface area contributed by atoms with Gasteiger partial charge in [-0.2, -0.15) is 0 Å². The van der Waals surface area contributed by atoms with E-state index in [1.807, 2.05) is 23.5 Å². The Morgan fingerprint density at radius 1 is 0.432 bits per heavy atom. The molecule has 3 nitrogen and oxygen atoms in total. The zero-order valence-electron chi connectivity index (χ0n) is 23.5. The number of thiophene rings is 1. The predicted octanol–water partition coefficient (Wildman–Crippen LogP) is 12.5. The van der Waals surface area contributed by atoms with Crippen LogP contribution < -0.4 is 4.90 Å². The van der Waals surface area contributed by atoms with Crippen LogP contribution in [0.15, 0.2) is 148 Å². The number of fused-ring (bicyclic) bond motifs is 11. The highest BCUT2D eigenvalue weighted by Gasteiger charge is 2.22. The molecule has 3 heterocycles. The summed E-state index contributed by atoms with van der Waals surface area (Å²) in [5, 5.41) is 9.45. The van der Waals surface area contributed by atoms with Gasteiger partial charge in [0.25, 0.3) is 0 Å². The first-order chi connectivity index (χ1) is 21.8. The lowest BCUT2D eigenvalue weighted by Gasteiger charge is -2.25. The molecular weight excluding hydrogens is 559 g/mol. The van der Waals surface area contributed by atoms with E-state index in [9.17, 15) is 0 Å². The van der Waals surface area contributed by atoms with Gasteiger partial charge in [0.2, 0.25) is 0 Å². The molecule has 0 aliphatic carbocycles. The monoisotopic (exact) mass is 581 g/mol. The average molecular weight is 582 g/mol. The van der Waals surface area contributed by atoms with Crippen LogP contribution in [0.2, 0.25) is 0 Å². The van der Waals surface area contributed by atoms with Crippen molar-refractivity contribution in [2.24, 2.45) is 0 Å². The fourth-order valence-electron chi connectivity index (χ4n) is 6.86. The zero-order chi connectivity index (χ0) is 28.8. The second-order valence-corrected chi connectivity index (χ2v) is 12.4. The summed E-state index contributed by atoms with van der Waals surface area (Å²) < 4.78 is 15.6. The Kier molecular flexibility index (Phi) is 4.87. The Balaban J connectivity index is 1.27. The molecular formula is C40H23NO2S. The van der Waals surface area contributed by atoms with Gasteiger partial charge in [-0.05, 0) is 59.3 Å². The zero-order valence-corrected chi connectivity index (χ0v) is 24.3. The van der Waals surface area contributed by atoms with Crippen molar-refractivity contribution in [3.63, 3.8) is 0 Å². The fourth-order valence-corrected chi connectivity index (χ4v) is 8.00. The van der Waals surface area contributed by atoms with E-state index in [4.69, 9.17) is 8.83 Å². The van der Waals surface area contributed by atoms with Gasteiger partial charge in [0.05, 0.1) is 11.4 Å². The molecule has 0 spiro atoms. The third-order valence-corrected chi connectivity index (χ3v) is 9.98. The van der Waals surface area contributed by atoms with Crippen molar-refractivity contribution in [2.45, 2.75) is 0 Å². The molecule has 44 heavy (non-hydrogen) atoms. The summed E-state index contributed by atoms with van der Waals surface area (Å²) in [7, 11) is 0. The van der Waals surface area contributed by atoms with Gasteiger partial charge in [0, 0.05) is 53.5 Å². The Morgan fingerprint density at radius 2 is 1.14 bits per heavy atom. The topological polar surface area (TPSA) is 29.5 Å². The van der Waals surface area contributed by atoms with Crippen LogP contribution in [0, 0.1) is 0 Å². The van der Waals surface area contributed by atoms with E-state index in [-0.39, 0.29) is 0 Å². The minimum atomic E-state index is 0.861. The van der Waals surface area contributed by atoms with Gasteiger partial charge in [0.1, 0.15) is 16.7 Å². The highest BCUT2D eigenvalue weighted by molar-refractivity contribution is 7.25. The maximum Gasteiger partial charge on any atom is 0.159 e. The number of para-hydroxylation sites is 2. The summed E-state index contributed by atoms with van der Waals surface area (Å²) in [5.74, 6) is 0. The smallest absolute Gasteiger partial charge is 0.159 e. The molecule has 0 aliphatic rings. The summed E-state index contributed by atoms with van der Waals surface area (Å²) in [4.78, 5) is 2.31. The number of benzene rings is 7. The van der Waals surface area contributed by atoms with Crippen LogP contribution in [0.5, 0.6) is 0 Å². The first-order valence-corrected chi connectivity index (χ1v) is 15.6. The third kappa shape index (κ3) is 3.37. The average Bonchev–Trinajstić information content (AvgIpc) is 3.76. The van der Waals surface area contributed by atoms with Crippen LogP contribution in [0.25, 0.3) is 74.8 Å². The van der Waals surface area contributed by atoms with E-state index in [0.717, 1.165) is 60.9 Å². The molecule has 0 fully saturated rings. The van der Waals surface area contributed by atoms with Crippen LogP contribution in [-0.4, -0.2) is 0 Å². The molecule has 206 valence electrons. The minimum Gasteiger partial charge on any atom is -0.456 e. The standard InChI is InChI=1S/C40H23NO2S/c1-2-9-27-24(8-1)16-21-35-39(27)32-12-7-13-33(40(32)43-35)41(25-17-19-29-28-10-3-5-14-34(28)42-36(29)22-25)26-18-20-31-30-11-4-6-15-37(30)44-38(31)23-26/h1-23H. The number of nitrogens with zero attached hydrogens (tertiary/aromatic N) is 1. The molecule has 10 rings (SSSR count). The highest BCUT2D eigenvalue weighted by Crippen LogP contribution is 2.46. The van der Waals surface area contributed by atoms with E-state index < -0.39 is 0 Å². The minimum absolute atomic E-state index is 0.861. The number of furan rings is 2. The molecule has 0 aliphatic heterocycles. The molecule has 0 N–H and O–H groups in total. The van der Waals surface area contributed by atoms with Crippen molar-refractivity contribution < 1.29 is 8.83 Å². The molecule has 0 unspecified atom stereocenters. The molecule has 0 atom stereocenters. The SMILES string of the molecule is c1ccc2c(c1)ccc1oc3c(N(c4ccc5c(c4)oc4ccccc45)c4ccc5c(c4)sc4ccccc45)cccc3c12. The number of anilines is 3. The maximum absolute atomic E-state index is 6.72. The summed E-state index contributed by atoms with van der Waals surface area (Å²) in [5.41, 5.74) is 6.56. The molecule has 0 saturated carbocycles. The summed E-state index contributed by atoms with van der Waals surface area (Å²) >= 11 is 1.83. The maximum atomic E-state index is 6.72. The number of rotatable bonds is 3. The van der Waals surface area contributed by atoms with Gasteiger partial charge in [0.15, 0.2) is 5.58 Å². The lowest BCUT2D eigenvalue weighted by atomic mass is 10.0. The molecule has 0 bridgehead atoms. The molecule has 7 aromatic carbocycles. The molecule has 4 heteroatoms. The first kappa shape index (κ1) is 23.9. The second kappa shape index (κ2) is 8.96. The molecule has 0 radical (unpaired) electrons. The Hall–Kier alpha value is -5.58. The van der Waals surface area contributed by atoms with Crippen molar-refractivity contribution >= 4 is 103 Å². The molecule has 3 aromatic heterocycles. The predicted molar refractivity (Wildman–Crippen MR) is 186 cm³/mol. The van der Waals surface area contributed by atoms with Gasteiger partial charge in [-0.25, -0.2) is 0 Å². The highest BCUT2D eigenvalue weighted by atomic mass is 32.1. The van der Waals surface area contributed by atoms with Gasteiger partial charge >= 0.3 is 0 Å². The molecule has 0 saturated heterocycles. The Labute approximate surface area is 255 Å². The van der Waals surface area contributed by atoms with E-state index in [2.05, 4.69) is 132 Å². The lowest BCUT2D eigenvalue weighted by Crippen LogP contribution is -2.10. The summed E-state index contributed by atoms with van der Waals surface area (Å²) in [6.07, 6.45) is 0. The quantitative estimate of drug-likeness (QED) is 0.208. The van der Waals surface area contributed by atoms with Crippen molar-refractivity contribution in [3.05, 3.63) is 140 Å². The third-order valence-electron chi connectivity index (χ3n) is 8.85. The van der Waals surface area contributed by atoms with Gasteiger partial charge in [-0.1, -0.05) is 84.9 Å². The van der Waals surface area contributed by atoms with Crippen LogP contribution >= 0.6 is 11.3 Å². The van der Waals surface area contributed by atoms with Crippen molar-refractivity contribution in [3.8, 4) is 0 Å². The van der Waals surface area contributed by atoms with Crippen molar-refractivity contribution in [2.75, 3.05) is 4.90 Å². The van der Waals surface area contributed by atoms with E-state index in [1.54, 1.807) is 0 Å². The van der Waals surface area contributed by atoms with Crippen LogP contribution in [0.4, 0.5) is 17.1 Å². The van der Waals surface area contributed by atoms with Crippen molar-refractivity contribution in [1.29, 1.82) is 0 Å². The van der Waals surface area contributed by atoms with E-state index >= 15 is 0 Å². The number of hydrogen-bond acceptors (Lipinski definition) is 4. The van der Waals surface area contributed by atoms with E-state index in [1.165, 1.54) is 30.9 Å². The van der Waals surface area contributed by atoms with Gasteiger partial charge in [-0.15, -0.1) is 11.3 Å². The lowest BCUT2D eigenvalue weighted by molar-refractivity contribution is 0.667.